The quantitative estimate of drug-likeness (QED) is 0.240. The van der Waals surface area contributed by atoms with E-state index in [2.05, 4.69) is 32.9 Å². The lowest BCUT2D eigenvalue weighted by Crippen LogP contribution is -2.40. The van der Waals surface area contributed by atoms with Gasteiger partial charge in [0.1, 0.15) is 23.2 Å². The Morgan fingerprint density at radius 1 is 0.930 bits per heavy atom. The molecule has 6 rings (SSSR count). The Kier molecular flexibility index (Phi) is 7.95. The number of hydrogen-bond donors (Lipinski definition) is 1. The van der Waals surface area contributed by atoms with Gasteiger partial charge in [-0.15, -0.1) is 0 Å². The van der Waals surface area contributed by atoms with E-state index in [0.29, 0.717) is 24.6 Å². The van der Waals surface area contributed by atoms with Crippen molar-refractivity contribution >= 4 is 22.6 Å². The summed E-state index contributed by atoms with van der Waals surface area (Å²) in [6.07, 6.45) is 5.93. The summed E-state index contributed by atoms with van der Waals surface area (Å²) in [5.74, 6) is 0.695. The Hall–Kier alpha value is -4.19. The summed E-state index contributed by atoms with van der Waals surface area (Å²) in [4.78, 5) is 32.7. The van der Waals surface area contributed by atoms with Crippen LogP contribution >= 0.6 is 0 Å². The third-order valence-electron chi connectivity index (χ3n) is 9.13. The standard InChI is InChI=1S/C37H40N2O4/c1-37(2,3)28-14-17-29(18-15-28)43-30-16-13-26-20-33(38-32(31(26)22-30)19-24-9-7-8-10-24)35(40)39-23-27(21-34(39)36(41)42)25-11-5-4-6-12-25/h4-6,11-18,20,22,24,27,34H,7-10,19,21,23H2,1-3H3,(H,41,42)/t27-,34+/m0/s1. The molecule has 6 heteroatoms. The van der Waals surface area contributed by atoms with E-state index >= 15 is 0 Å². The third kappa shape index (κ3) is 6.29. The van der Waals surface area contributed by atoms with Crippen LogP contribution in [0.1, 0.15) is 86.1 Å². The fourth-order valence-corrected chi connectivity index (χ4v) is 6.68. The Bertz CT molecular complexity index is 1620. The highest BCUT2D eigenvalue weighted by atomic mass is 16.5. The van der Waals surface area contributed by atoms with E-state index < -0.39 is 12.0 Å². The number of pyridine rings is 1. The van der Waals surface area contributed by atoms with Crippen molar-refractivity contribution in [2.24, 2.45) is 5.92 Å². The van der Waals surface area contributed by atoms with Crippen molar-refractivity contribution in [3.63, 3.8) is 0 Å². The zero-order valence-corrected chi connectivity index (χ0v) is 25.3. The highest BCUT2D eigenvalue weighted by Crippen LogP contribution is 2.36. The zero-order chi connectivity index (χ0) is 30.1. The van der Waals surface area contributed by atoms with Gasteiger partial charge in [-0.3, -0.25) is 4.79 Å². The molecular weight excluding hydrogens is 536 g/mol. The number of ether oxygens (including phenoxy) is 1. The van der Waals surface area contributed by atoms with Gasteiger partial charge in [0.25, 0.3) is 5.91 Å². The molecule has 1 saturated heterocycles. The molecule has 1 aliphatic heterocycles. The van der Waals surface area contributed by atoms with Crippen LogP contribution in [0, 0.1) is 5.92 Å². The number of rotatable bonds is 7. The number of benzene rings is 3. The lowest BCUT2D eigenvalue weighted by atomic mass is 9.87. The Morgan fingerprint density at radius 3 is 2.30 bits per heavy atom. The summed E-state index contributed by atoms with van der Waals surface area (Å²) in [7, 11) is 0. The molecule has 0 bridgehead atoms. The summed E-state index contributed by atoms with van der Waals surface area (Å²) in [6, 6.07) is 24.9. The van der Waals surface area contributed by atoms with E-state index in [-0.39, 0.29) is 17.2 Å². The fraction of sp³-hybridized carbons (Fsp3) is 0.378. The molecule has 222 valence electrons. The molecule has 1 amide bonds. The largest absolute Gasteiger partial charge is 0.480 e. The van der Waals surface area contributed by atoms with Gasteiger partial charge in [-0.25, -0.2) is 9.78 Å². The van der Waals surface area contributed by atoms with Crippen molar-refractivity contribution in [3.8, 4) is 11.5 Å². The lowest BCUT2D eigenvalue weighted by molar-refractivity contribution is -0.141. The number of amides is 1. The van der Waals surface area contributed by atoms with Crippen LogP contribution in [-0.4, -0.2) is 39.5 Å². The molecule has 2 aliphatic rings. The maximum absolute atomic E-state index is 14.0. The third-order valence-corrected chi connectivity index (χ3v) is 9.13. The monoisotopic (exact) mass is 576 g/mol. The minimum atomic E-state index is -0.976. The molecule has 2 heterocycles. The van der Waals surface area contributed by atoms with Crippen molar-refractivity contribution in [1.82, 2.24) is 9.88 Å². The summed E-state index contributed by atoms with van der Waals surface area (Å²) in [5.41, 5.74) is 3.56. The van der Waals surface area contributed by atoms with Crippen LogP contribution in [0.5, 0.6) is 11.5 Å². The molecule has 43 heavy (non-hydrogen) atoms. The smallest absolute Gasteiger partial charge is 0.326 e. The first kappa shape index (κ1) is 28.9. The van der Waals surface area contributed by atoms with Crippen molar-refractivity contribution < 1.29 is 19.4 Å². The SMILES string of the molecule is CC(C)(C)c1ccc(Oc2ccc3cc(C(=O)N4C[C@@H](c5ccccc5)C[C@@H]4C(=O)O)nc(CC4CCCC4)c3c2)cc1. The number of fused-ring (bicyclic) bond motifs is 1. The summed E-state index contributed by atoms with van der Waals surface area (Å²) < 4.78 is 6.26. The molecule has 1 aliphatic carbocycles. The van der Waals surface area contributed by atoms with Gasteiger partial charge in [0.15, 0.2) is 0 Å². The van der Waals surface area contributed by atoms with E-state index in [1.807, 2.05) is 66.7 Å². The molecule has 1 aromatic heterocycles. The summed E-state index contributed by atoms with van der Waals surface area (Å²) in [5, 5.41) is 11.9. The minimum Gasteiger partial charge on any atom is -0.480 e. The van der Waals surface area contributed by atoms with Crippen molar-refractivity contribution in [2.75, 3.05) is 6.54 Å². The van der Waals surface area contributed by atoms with Crippen molar-refractivity contribution in [2.45, 2.75) is 76.7 Å². The number of carbonyl (C=O) groups excluding carboxylic acids is 1. The van der Waals surface area contributed by atoms with Gasteiger partial charge in [0, 0.05) is 23.5 Å². The molecule has 6 nitrogen and oxygen atoms in total. The van der Waals surface area contributed by atoms with Crippen LogP contribution < -0.4 is 4.74 Å². The average Bonchev–Trinajstić information content (AvgIpc) is 3.68. The number of aromatic nitrogens is 1. The number of carbonyl (C=O) groups is 2. The zero-order valence-electron chi connectivity index (χ0n) is 25.3. The second kappa shape index (κ2) is 11.8. The molecule has 2 atom stereocenters. The topological polar surface area (TPSA) is 79.7 Å². The first-order chi connectivity index (χ1) is 20.7. The van der Waals surface area contributed by atoms with Crippen LogP contribution in [0.15, 0.2) is 78.9 Å². The maximum Gasteiger partial charge on any atom is 0.326 e. The molecular formula is C37H40N2O4. The maximum atomic E-state index is 14.0. The number of aliphatic carboxylic acids is 1. The summed E-state index contributed by atoms with van der Waals surface area (Å²) in [6.45, 7) is 6.93. The van der Waals surface area contributed by atoms with Gasteiger partial charge in [0.05, 0.1) is 0 Å². The minimum absolute atomic E-state index is 0.0261. The molecule has 0 unspecified atom stereocenters. The van der Waals surface area contributed by atoms with E-state index in [9.17, 15) is 14.7 Å². The highest BCUT2D eigenvalue weighted by molar-refractivity contribution is 5.99. The van der Waals surface area contributed by atoms with E-state index in [4.69, 9.17) is 9.72 Å². The second-order valence-corrected chi connectivity index (χ2v) is 13.2. The Labute approximate surface area is 253 Å². The molecule has 0 radical (unpaired) electrons. The molecule has 2 fully saturated rings. The Morgan fingerprint density at radius 2 is 1.63 bits per heavy atom. The van der Waals surface area contributed by atoms with Crippen molar-refractivity contribution in [1.29, 1.82) is 0 Å². The van der Waals surface area contributed by atoms with Crippen LogP contribution in [0.25, 0.3) is 10.8 Å². The summed E-state index contributed by atoms with van der Waals surface area (Å²) >= 11 is 0. The molecule has 1 saturated carbocycles. The normalized spacial score (nSPS) is 19.2. The average molecular weight is 577 g/mol. The number of carboxylic acids is 1. The van der Waals surface area contributed by atoms with Gasteiger partial charge >= 0.3 is 5.97 Å². The van der Waals surface area contributed by atoms with Crippen LogP contribution in [0.3, 0.4) is 0 Å². The first-order valence-electron chi connectivity index (χ1n) is 15.5. The molecule has 0 spiro atoms. The molecule has 4 aromatic rings. The highest BCUT2D eigenvalue weighted by Gasteiger charge is 2.41. The van der Waals surface area contributed by atoms with Crippen LogP contribution in [0.4, 0.5) is 0 Å². The number of nitrogens with zero attached hydrogens (tertiary/aromatic N) is 2. The van der Waals surface area contributed by atoms with Gasteiger partial charge < -0.3 is 14.7 Å². The van der Waals surface area contributed by atoms with Crippen LogP contribution in [0.2, 0.25) is 0 Å². The van der Waals surface area contributed by atoms with E-state index in [0.717, 1.165) is 52.8 Å². The number of hydrogen-bond acceptors (Lipinski definition) is 4. The van der Waals surface area contributed by atoms with Crippen LogP contribution in [-0.2, 0) is 16.6 Å². The van der Waals surface area contributed by atoms with Gasteiger partial charge in [-0.2, -0.15) is 0 Å². The van der Waals surface area contributed by atoms with E-state index in [1.54, 1.807) is 0 Å². The first-order valence-corrected chi connectivity index (χ1v) is 15.5. The Balaban J connectivity index is 1.32. The number of likely N-dealkylation sites (tertiary alicyclic amines) is 1. The predicted molar refractivity (Wildman–Crippen MR) is 169 cm³/mol. The fourth-order valence-electron chi connectivity index (χ4n) is 6.68. The second-order valence-electron chi connectivity index (χ2n) is 13.2. The molecule has 3 aromatic carbocycles. The molecule has 1 N–H and O–H groups in total. The van der Waals surface area contributed by atoms with Gasteiger partial charge in [-0.05, 0) is 71.0 Å². The van der Waals surface area contributed by atoms with Gasteiger partial charge in [-0.1, -0.05) is 95.0 Å². The van der Waals surface area contributed by atoms with Gasteiger partial charge in [0.2, 0.25) is 0 Å². The lowest BCUT2D eigenvalue weighted by Gasteiger charge is -2.22. The number of carboxylic acid groups (broad SMARTS) is 1. The predicted octanol–water partition coefficient (Wildman–Crippen LogP) is 8.14. The van der Waals surface area contributed by atoms with Crippen molar-refractivity contribution in [3.05, 3.63) is 101 Å². The van der Waals surface area contributed by atoms with E-state index in [1.165, 1.54) is 23.3 Å².